The molecule has 1 saturated heterocycles. The largest absolute Gasteiger partial charge is 0.501 e. The topological polar surface area (TPSA) is 76.6 Å². The molecule has 1 aromatic carbocycles. The van der Waals surface area contributed by atoms with Crippen molar-refractivity contribution in [3.05, 3.63) is 32.6 Å². The molecule has 34 heavy (non-hydrogen) atoms. The molecule has 0 aliphatic carbocycles. The van der Waals surface area contributed by atoms with Crippen molar-refractivity contribution in [2.45, 2.75) is 60.0 Å². The molecule has 13 heteroatoms. The molecule has 1 aliphatic rings. The molecule has 3 rings (SSSR count). The van der Waals surface area contributed by atoms with Gasteiger partial charge in [-0.05, 0) is 51.8 Å². The van der Waals surface area contributed by atoms with Crippen molar-refractivity contribution in [3.8, 4) is 11.3 Å². The Morgan fingerprint density at radius 2 is 1.85 bits per heavy atom. The van der Waals surface area contributed by atoms with E-state index < -0.39 is 25.8 Å². The normalized spacial score (nSPS) is 16.1. The number of aromatic nitrogens is 1. The van der Waals surface area contributed by atoms with Gasteiger partial charge in [-0.25, -0.2) is 18.2 Å². The number of piperidine rings is 1. The average Bonchev–Trinajstić information content (AvgIpc) is 3.16. The summed E-state index contributed by atoms with van der Waals surface area (Å²) in [6.07, 6.45) is 1.00. The lowest BCUT2D eigenvalue weighted by molar-refractivity contribution is -0.0436. The van der Waals surface area contributed by atoms with Crippen LogP contribution < -0.4 is 0 Å². The third kappa shape index (κ3) is 6.25. The summed E-state index contributed by atoms with van der Waals surface area (Å²) >= 11 is 6.75. The third-order valence-electron chi connectivity index (χ3n) is 5.09. The molecule has 0 saturated carbocycles. The highest BCUT2D eigenvalue weighted by Crippen LogP contribution is 2.40. The molecule has 1 aliphatic heterocycles. The van der Waals surface area contributed by atoms with Crippen LogP contribution in [0.2, 0.25) is 0 Å². The second-order valence-corrected chi connectivity index (χ2v) is 13.6. The highest BCUT2D eigenvalue weighted by atomic mass is 127. The maximum Gasteiger partial charge on any atom is 0.501 e. The average molecular weight is 695 g/mol. The SMILES string of the molecule is CC(C)(C)OC(=O)N1CCC(c2nc(-c3cc(Br)cc(S(=O)(=O)C(F)(F)F)c3)c(CI)s2)CC1. The van der Waals surface area contributed by atoms with Gasteiger partial charge in [0.15, 0.2) is 0 Å². The van der Waals surface area contributed by atoms with Crippen LogP contribution in [0.4, 0.5) is 18.0 Å². The van der Waals surface area contributed by atoms with Gasteiger partial charge < -0.3 is 9.64 Å². The fourth-order valence-electron chi connectivity index (χ4n) is 3.48. The molecular weight excluding hydrogens is 672 g/mol. The number of carbonyl (C=O) groups is 1. The molecule has 0 atom stereocenters. The lowest BCUT2D eigenvalue weighted by Crippen LogP contribution is -2.41. The van der Waals surface area contributed by atoms with E-state index in [-0.39, 0.29) is 16.5 Å². The van der Waals surface area contributed by atoms with Gasteiger partial charge in [-0.15, -0.1) is 11.3 Å². The van der Waals surface area contributed by atoms with Crippen LogP contribution in [0.1, 0.15) is 49.4 Å². The molecule has 2 aromatic rings. The Morgan fingerprint density at radius 3 is 2.38 bits per heavy atom. The Morgan fingerprint density at radius 1 is 1.24 bits per heavy atom. The first-order chi connectivity index (χ1) is 15.6. The Kier molecular flexibility index (Phi) is 8.30. The summed E-state index contributed by atoms with van der Waals surface area (Å²) in [7, 11) is -5.50. The summed E-state index contributed by atoms with van der Waals surface area (Å²) in [6.45, 7) is 6.46. The van der Waals surface area contributed by atoms with E-state index in [1.165, 1.54) is 11.3 Å². The van der Waals surface area contributed by atoms with Crippen molar-refractivity contribution in [1.82, 2.24) is 9.88 Å². The number of benzene rings is 1. The van der Waals surface area contributed by atoms with Crippen molar-refractivity contribution in [3.63, 3.8) is 0 Å². The van der Waals surface area contributed by atoms with Crippen LogP contribution in [0.3, 0.4) is 0 Å². The van der Waals surface area contributed by atoms with E-state index >= 15 is 0 Å². The van der Waals surface area contributed by atoms with Gasteiger partial charge in [-0.2, -0.15) is 13.2 Å². The van der Waals surface area contributed by atoms with Crippen LogP contribution in [0.25, 0.3) is 11.3 Å². The van der Waals surface area contributed by atoms with Crippen LogP contribution in [0, 0.1) is 0 Å². The van der Waals surface area contributed by atoms with E-state index in [9.17, 15) is 26.4 Å². The fraction of sp³-hybridized carbons (Fsp3) is 0.524. The van der Waals surface area contributed by atoms with Gasteiger partial charge in [0.2, 0.25) is 0 Å². The van der Waals surface area contributed by atoms with E-state index in [0.29, 0.717) is 41.6 Å². The summed E-state index contributed by atoms with van der Waals surface area (Å²) in [6, 6.07) is 3.53. The Labute approximate surface area is 222 Å². The molecule has 6 nitrogen and oxygen atoms in total. The van der Waals surface area contributed by atoms with Crippen molar-refractivity contribution in [2.24, 2.45) is 0 Å². The van der Waals surface area contributed by atoms with Crippen LogP contribution >= 0.6 is 49.9 Å². The van der Waals surface area contributed by atoms with E-state index in [1.807, 2.05) is 20.8 Å². The number of likely N-dealkylation sites (tertiary alicyclic amines) is 1. The van der Waals surface area contributed by atoms with Crippen LogP contribution in [-0.2, 0) is 19.0 Å². The first kappa shape index (κ1) is 27.7. The van der Waals surface area contributed by atoms with E-state index in [4.69, 9.17) is 9.72 Å². The number of nitrogens with zero attached hydrogens (tertiary/aromatic N) is 2. The van der Waals surface area contributed by atoms with Crippen molar-refractivity contribution < 1.29 is 31.1 Å². The highest BCUT2D eigenvalue weighted by molar-refractivity contribution is 14.1. The third-order valence-corrected chi connectivity index (χ3v) is 9.51. The molecule has 1 fully saturated rings. The zero-order valence-corrected chi connectivity index (χ0v) is 24.0. The predicted molar refractivity (Wildman–Crippen MR) is 136 cm³/mol. The number of amides is 1. The number of halogens is 5. The minimum absolute atomic E-state index is 0.0877. The molecular formula is C21H23BrF3IN2O4S2. The smallest absolute Gasteiger partial charge is 0.444 e. The van der Waals surface area contributed by atoms with Crippen LogP contribution in [0.15, 0.2) is 27.6 Å². The quantitative estimate of drug-likeness (QED) is 0.257. The standard InChI is InChI=1S/C21H23BrF3IN2O4S2/c1-20(2,3)32-19(29)28-6-4-12(5-7-28)18-27-17(16(11-26)33-18)13-8-14(22)10-15(9-13)34(30,31)21(23,24)25/h8-10,12H,4-7,11H2,1-3H3. The molecule has 1 amide bonds. The molecule has 0 bridgehead atoms. The number of alkyl halides is 4. The van der Waals surface area contributed by atoms with Crippen LogP contribution in [0.5, 0.6) is 0 Å². The summed E-state index contributed by atoms with van der Waals surface area (Å²) in [5.41, 5.74) is -5.19. The molecule has 188 valence electrons. The number of sulfone groups is 1. The van der Waals surface area contributed by atoms with Gasteiger partial charge in [0.25, 0.3) is 9.84 Å². The molecule has 0 radical (unpaired) electrons. The van der Waals surface area contributed by atoms with Crippen LogP contribution in [-0.4, -0.2) is 48.6 Å². The number of rotatable bonds is 4. The van der Waals surface area contributed by atoms with Gasteiger partial charge in [0, 0.05) is 38.3 Å². The van der Waals surface area contributed by atoms with Crippen molar-refractivity contribution in [1.29, 1.82) is 0 Å². The van der Waals surface area contributed by atoms with Gasteiger partial charge in [0.1, 0.15) is 5.60 Å². The molecule has 1 aromatic heterocycles. The molecule has 0 N–H and O–H groups in total. The molecule has 0 unspecified atom stereocenters. The number of hydrogen-bond donors (Lipinski definition) is 0. The van der Waals surface area contributed by atoms with Gasteiger partial charge in [-0.1, -0.05) is 38.5 Å². The molecule has 2 heterocycles. The van der Waals surface area contributed by atoms with E-state index in [2.05, 4.69) is 38.5 Å². The second-order valence-electron chi connectivity index (χ2n) is 8.82. The predicted octanol–water partition coefficient (Wildman–Crippen LogP) is 6.92. The van der Waals surface area contributed by atoms with E-state index in [1.54, 1.807) is 11.0 Å². The van der Waals surface area contributed by atoms with Gasteiger partial charge in [-0.3, -0.25) is 0 Å². The summed E-state index contributed by atoms with van der Waals surface area (Å²) < 4.78 is 69.4. The van der Waals surface area contributed by atoms with Gasteiger partial charge in [0.05, 0.1) is 15.6 Å². The maximum atomic E-state index is 13.1. The van der Waals surface area contributed by atoms with Crippen molar-refractivity contribution in [2.75, 3.05) is 13.1 Å². The zero-order valence-electron chi connectivity index (χ0n) is 18.6. The summed E-state index contributed by atoms with van der Waals surface area (Å²) in [5.74, 6) is 0.0877. The lowest BCUT2D eigenvalue weighted by atomic mass is 9.98. The maximum absolute atomic E-state index is 13.1. The highest BCUT2D eigenvalue weighted by Gasteiger charge is 2.47. The number of hydrogen-bond acceptors (Lipinski definition) is 6. The Bertz CT molecular complexity index is 1170. The molecule has 0 spiro atoms. The monoisotopic (exact) mass is 694 g/mol. The van der Waals surface area contributed by atoms with E-state index in [0.717, 1.165) is 22.0 Å². The number of ether oxygens (including phenoxy) is 1. The first-order valence-corrected chi connectivity index (χ1v) is 14.9. The first-order valence-electron chi connectivity index (χ1n) is 10.3. The lowest BCUT2D eigenvalue weighted by Gasteiger charge is -2.32. The fourth-order valence-corrected chi connectivity index (χ4v) is 6.90. The number of thiazole rings is 1. The number of carbonyl (C=O) groups excluding carboxylic acids is 1. The Balaban J connectivity index is 1.86. The zero-order chi connectivity index (χ0) is 25.5. The Hall–Kier alpha value is -0.930. The summed E-state index contributed by atoms with van der Waals surface area (Å²) in [5, 5.41) is 0.825. The minimum atomic E-state index is -5.50. The second kappa shape index (κ2) is 10.2. The minimum Gasteiger partial charge on any atom is -0.444 e. The summed E-state index contributed by atoms with van der Waals surface area (Å²) in [4.78, 5) is 18.7. The van der Waals surface area contributed by atoms with Crippen molar-refractivity contribution >= 4 is 65.8 Å². The van der Waals surface area contributed by atoms with Gasteiger partial charge >= 0.3 is 11.6 Å².